The third kappa shape index (κ3) is 8.90. The molecule has 2 heterocycles. The van der Waals surface area contributed by atoms with Crippen LogP contribution in [-0.4, -0.2) is 45.4 Å². The van der Waals surface area contributed by atoms with Crippen molar-refractivity contribution in [3.8, 4) is 11.8 Å². The second kappa shape index (κ2) is 16.4. The molecule has 1 aliphatic carbocycles. The van der Waals surface area contributed by atoms with E-state index in [-0.39, 0.29) is 24.2 Å². The van der Waals surface area contributed by atoms with Gasteiger partial charge in [-0.2, -0.15) is 0 Å². The first-order valence-corrected chi connectivity index (χ1v) is 16.7. The van der Waals surface area contributed by atoms with Crippen LogP contribution in [0.15, 0.2) is 120 Å². The Hall–Kier alpha value is -5.38. The largest absolute Gasteiger partial charge is 0.474 e. The molecule has 0 saturated carbocycles. The average Bonchev–Trinajstić information content (AvgIpc) is 3.63. The Morgan fingerprint density at radius 1 is 1.21 bits per heavy atom. The summed E-state index contributed by atoms with van der Waals surface area (Å²) in [6.07, 6.45) is 10.9. The van der Waals surface area contributed by atoms with Crippen molar-refractivity contribution in [2.45, 2.75) is 50.5 Å². The van der Waals surface area contributed by atoms with Crippen molar-refractivity contribution >= 4 is 40.4 Å². The monoisotopic (exact) mass is 658 g/mol. The number of hydrogen-bond acceptors (Lipinski definition) is 5. The molecule has 1 saturated heterocycles. The standard InChI is InChI=1S/C39H38N4O4S/c1-3-11-32(47-26-28-13-5-4-6-14-28)17-9-12-27(2)22-37-43(31-16-10-15-29(23-31)38(40)45)39(46)35(48-37)24-36(44)41-21-20-30-25-42-34-19-8-7-18-33(30)34/h4-8,10,13-15,18-19,22-23,25,27,31,35,42H,1,12,16,20-21,24,26H2,2H3,(H2,40,45)(H,41,44)/b37-22-/t27-,31?,35+/m0/s1. The number of ether oxygens (including phenoxy) is 1. The molecule has 3 atom stereocenters. The summed E-state index contributed by atoms with van der Waals surface area (Å²) in [6, 6.07) is 17.4. The number of rotatable bonds is 12. The van der Waals surface area contributed by atoms with Crippen LogP contribution in [-0.2, 0) is 32.1 Å². The number of thioether (sulfide) groups is 1. The molecular formula is C39H38N4O4S. The predicted octanol–water partition coefficient (Wildman–Crippen LogP) is 5.81. The Balaban J connectivity index is 1.25. The molecule has 4 N–H and O–H groups in total. The number of aromatic amines is 1. The van der Waals surface area contributed by atoms with E-state index in [1.54, 1.807) is 17.1 Å². The van der Waals surface area contributed by atoms with Crippen LogP contribution in [0.4, 0.5) is 0 Å². The summed E-state index contributed by atoms with van der Waals surface area (Å²) in [5.41, 5.74) is 14.5. The average molecular weight is 659 g/mol. The van der Waals surface area contributed by atoms with Gasteiger partial charge in [-0.3, -0.25) is 19.3 Å². The quantitative estimate of drug-likeness (QED) is 0.129. The summed E-state index contributed by atoms with van der Waals surface area (Å²) in [7, 11) is 0. The highest BCUT2D eigenvalue weighted by Gasteiger charge is 2.41. The highest BCUT2D eigenvalue weighted by molar-refractivity contribution is 8.04. The Morgan fingerprint density at radius 2 is 2.00 bits per heavy atom. The number of amides is 3. The lowest BCUT2D eigenvalue weighted by Gasteiger charge is -2.28. The molecule has 1 unspecified atom stereocenters. The maximum atomic E-state index is 13.8. The van der Waals surface area contributed by atoms with Gasteiger partial charge in [0.2, 0.25) is 23.5 Å². The van der Waals surface area contributed by atoms with Gasteiger partial charge in [0.25, 0.3) is 0 Å². The first kappa shape index (κ1) is 34.0. The van der Waals surface area contributed by atoms with Crippen molar-refractivity contribution in [1.29, 1.82) is 0 Å². The lowest BCUT2D eigenvalue weighted by Crippen LogP contribution is -2.39. The van der Waals surface area contributed by atoms with Crippen molar-refractivity contribution < 1.29 is 19.1 Å². The van der Waals surface area contributed by atoms with Crippen molar-refractivity contribution in [2.75, 3.05) is 6.54 Å². The van der Waals surface area contributed by atoms with Gasteiger partial charge < -0.3 is 20.8 Å². The second-order valence-corrected chi connectivity index (χ2v) is 12.8. The Labute approximate surface area is 285 Å². The molecule has 0 bridgehead atoms. The Kier molecular flexibility index (Phi) is 11.6. The molecule has 0 radical (unpaired) electrons. The van der Waals surface area contributed by atoms with Crippen LogP contribution in [0.5, 0.6) is 0 Å². The number of nitrogens with zero attached hydrogens (tertiary/aromatic N) is 1. The SMILES string of the molecule is C=C=C=C(C#CC[C@H](C)/C=C1\S[C@H](CC(=O)NCCc2c[nH]c3ccccc23)C(=O)N1C1C=C(C(N)=O)C=CC1)OCc1ccccc1. The minimum absolute atomic E-state index is 0.0369. The molecule has 1 aliphatic heterocycles. The molecular weight excluding hydrogens is 621 g/mol. The zero-order chi connectivity index (χ0) is 33.9. The number of aromatic nitrogens is 1. The molecule has 0 spiro atoms. The molecule has 8 nitrogen and oxygen atoms in total. The van der Waals surface area contributed by atoms with Crippen molar-refractivity contribution in [2.24, 2.45) is 11.7 Å². The molecule has 1 aromatic heterocycles. The molecule has 2 aliphatic rings. The van der Waals surface area contributed by atoms with Crippen LogP contribution in [0.1, 0.15) is 37.3 Å². The number of nitrogens with one attached hydrogen (secondary N) is 2. The van der Waals surface area contributed by atoms with Gasteiger partial charge >= 0.3 is 0 Å². The van der Waals surface area contributed by atoms with Gasteiger partial charge in [-0.25, -0.2) is 0 Å². The van der Waals surface area contributed by atoms with Crippen molar-refractivity contribution in [3.05, 3.63) is 131 Å². The van der Waals surface area contributed by atoms with E-state index in [4.69, 9.17) is 10.5 Å². The number of benzene rings is 2. The molecule has 3 amide bonds. The van der Waals surface area contributed by atoms with E-state index >= 15 is 0 Å². The van der Waals surface area contributed by atoms with Crippen molar-refractivity contribution in [1.82, 2.24) is 15.2 Å². The third-order valence-corrected chi connectivity index (χ3v) is 9.15. The highest BCUT2D eigenvalue weighted by Crippen LogP contribution is 2.41. The normalized spacial score (nSPS) is 18.4. The number of carbonyl (C=O) groups is 3. The molecule has 244 valence electrons. The lowest BCUT2D eigenvalue weighted by atomic mass is 10.00. The van der Waals surface area contributed by atoms with Crippen LogP contribution in [0, 0.1) is 17.8 Å². The minimum atomic E-state index is -0.599. The summed E-state index contributed by atoms with van der Waals surface area (Å²) in [6.45, 7) is 6.41. The first-order chi connectivity index (χ1) is 23.3. The number of para-hydroxylation sites is 1. The maximum Gasteiger partial charge on any atom is 0.248 e. The van der Waals surface area contributed by atoms with Gasteiger partial charge in [0, 0.05) is 42.1 Å². The number of H-pyrrole nitrogens is 1. The van der Waals surface area contributed by atoms with Gasteiger partial charge in [-0.05, 0) is 60.3 Å². The van der Waals surface area contributed by atoms with E-state index in [0.29, 0.717) is 43.7 Å². The fraction of sp³-hybridized carbons (Fsp3) is 0.256. The number of carbonyl (C=O) groups excluding carboxylic acids is 3. The topological polar surface area (TPSA) is 118 Å². The number of fused-ring (bicyclic) bond motifs is 1. The number of primary amides is 1. The maximum absolute atomic E-state index is 13.8. The van der Waals surface area contributed by atoms with Gasteiger partial charge in [0.05, 0.1) is 16.3 Å². The van der Waals surface area contributed by atoms with E-state index in [1.807, 2.05) is 73.8 Å². The molecule has 48 heavy (non-hydrogen) atoms. The molecule has 5 rings (SSSR count). The molecule has 1 fully saturated rings. The number of hydrogen-bond donors (Lipinski definition) is 3. The summed E-state index contributed by atoms with van der Waals surface area (Å²) in [4.78, 5) is 43.8. The van der Waals surface area contributed by atoms with E-state index in [1.165, 1.54) is 11.8 Å². The molecule has 2 aromatic carbocycles. The van der Waals surface area contributed by atoms with E-state index in [2.05, 4.69) is 46.2 Å². The van der Waals surface area contributed by atoms with Crippen LogP contribution in [0.25, 0.3) is 10.9 Å². The van der Waals surface area contributed by atoms with Crippen LogP contribution >= 0.6 is 11.8 Å². The van der Waals surface area contributed by atoms with Crippen LogP contribution in [0.2, 0.25) is 0 Å². The zero-order valence-corrected chi connectivity index (χ0v) is 27.6. The second-order valence-electron chi connectivity index (χ2n) is 11.6. The Bertz CT molecular complexity index is 1920. The van der Waals surface area contributed by atoms with E-state index < -0.39 is 17.2 Å². The molecule has 3 aromatic rings. The number of allylic oxidation sites excluding steroid dienone is 2. The number of nitrogens with two attached hydrogens (primary N) is 1. The van der Waals surface area contributed by atoms with E-state index in [0.717, 1.165) is 27.1 Å². The fourth-order valence-corrected chi connectivity index (χ4v) is 6.92. The summed E-state index contributed by atoms with van der Waals surface area (Å²) < 4.78 is 5.81. The fourth-order valence-electron chi connectivity index (χ4n) is 5.53. The third-order valence-electron chi connectivity index (χ3n) is 7.92. The summed E-state index contributed by atoms with van der Waals surface area (Å²) in [5.74, 6) is 5.54. The lowest BCUT2D eigenvalue weighted by molar-refractivity contribution is -0.131. The van der Waals surface area contributed by atoms with Crippen LogP contribution < -0.4 is 11.1 Å². The molecule has 9 heteroatoms. The highest BCUT2D eigenvalue weighted by atomic mass is 32.2. The van der Waals surface area contributed by atoms with Crippen molar-refractivity contribution in [3.63, 3.8) is 0 Å². The first-order valence-electron chi connectivity index (χ1n) is 15.8. The zero-order valence-electron chi connectivity index (χ0n) is 26.8. The van der Waals surface area contributed by atoms with Gasteiger partial charge in [-0.15, -0.1) is 0 Å². The smallest absolute Gasteiger partial charge is 0.248 e. The summed E-state index contributed by atoms with van der Waals surface area (Å²) in [5, 5.41) is 4.25. The predicted molar refractivity (Wildman–Crippen MR) is 190 cm³/mol. The minimum Gasteiger partial charge on any atom is -0.474 e. The van der Waals surface area contributed by atoms with E-state index in [9.17, 15) is 14.4 Å². The summed E-state index contributed by atoms with van der Waals surface area (Å²) >= 11 is 1.37. The van der Waals surface area contributed by atoms with Crippen LogP contribution in [0.3, 0.4) is 0 Å². The Morgan fingerprint density at radius 3 is 2.79 bits per heavy atom. The van der Waals surface area contributed by atoms with Gasteiger partial charge in [-0.1, -0.05) is 97.1 Å². The van der Waals surface area contributed by atoms with Gasteiger partial charge in [0.1, 0.15) is 6.61 Å². The van der Waals surface area contributed by atoms with Gasteiger partial charge in [0.15, 0.2) is 0 Å².